The first-order valence-electron chi connectivity index (χ1n) is 5.99. The molecule has 1 heterocycles. The van der Waals surface area contributed by atoms with E-state index in [2.05, 4.69) is 11.1 Å². The van der Waals surface area contributed by atoms with Gasteiger partial charge in [0.25, 0.3) is 0 Å². The molecule has 0 bridgehead atoms. The van der Waals surface area contributed by atoms with E-state index in [9.17, 15) is 4.39 Å². The summed E-state index contributed by atoms with van der Waals surface area (Å²) in [6.45, 7) is 0.929. The van der Waals surface area contributed by atoms with Gasteiger partial charge in [0, 0.05) is 25.2 Å². The molecule has 1 aromatic carbocycles. The van der Waals surface area contributed by atoms with Crippen molar-refractivity contribution in [3.05, 3.63) is 29.7 Å². The van der Waals surface area contributed by atoms with Crippen LogP contribution in [0.2, 0.25) is 0 Å². The van der Waals surface area contributed by atoms with Crippen LogP contribution >= 0.6 is 12.4 Å². The van der Waals surface area contributed by atoms with Gasteiger partial charge in [-0.2, -0.15) is 0 Å². The summed E-state index contributed by atoms with van der Waals surface area (Å²) in [5, 5.41) is 0.891. The van der Waals surface area contributed by atoms with Gasteiger partial charge in [-0.15, -0.1) is 12.4 Å². The van der Waals surface area contributed by atoms with Crippen LogP contribution in [-0.4, -0.2) is 37.2 Å². The molecule has 0 atom stereocenters. The van der Waals surface area contributed by atoms with Crippen molar-refractivity contribution in [2.24, 2.45) is 7.05 Å². The van der Waals surface area contributed by atoms with Crippen LogP contribution in [-0.2, 0) is 13.5 Å². The van der Waals surface area contributed by atoms with Gasteiger partial charge in [-0.05, 0) is 38.2 Å². The quantitative estimate of drug-likeness (QED) is 0.860. The van der Waals surface area contributed by atoms with Crippen molar-refractivity contribution in [1.82, 2.24) is 9.47 Å². The molecule has 2 aromatic rings. The van der Waals surface area contributed by atoms with Crippen molar-refractivity contribution in [1.29, 1.82) is 0 Å². The monoisotopic (exact) mass is 286 g/mol. The van der Waals surface area contributed by atoms with E-state index < -0.39 is 0 Å². The summed E-state index contributed by atoms with van der Waals surface area (Å²) in [6.07, 6.45) is 2.93. The molecule has 1 aromatic heterocycles. The Morgan fingerprint density at radius 2 is 2.00 bits per heavy atom. The van der Waals surface area contributed by atoms with E-state index in [1.54, 1.807) is 6.07 Å². The van der Waals surface area contributed by atoms with Crippen molar-refractivity contribution in [3.63, 3.8) is 0 Å². The summed E-state index contributed by atoms with van der Waals surface area (Å²) in [6, 6.07) is 3.25. The zero-order chi connectivity index (χ0) is 13.3. The van der Waals surface area contributed by atoms with Gasteiger partial charge >= 0.3 is 0 Å². The number of aromatic nitrogens is 1. The molecule has 0 saturated carbocycles. The van der Waals surface area contributed by atoms with Crippen LogP contribution in [0, 0.1) is 5.82 Å². The molecule has 5 heteroatoms. The Balaban J connectivity index is 0.00000180. The highest BCUT2D eigenvalue weighted by Crippen LogP contribution is 2.32. The average Bonchev–Trinajstić information content (AvgIpc) is 2.64. The van der Waals surface area contributed by atoms with Crippen LogP contribution in [0.1, 0.15) is 5.56 Å². The maximum Gasteiger partial charge on any atom is 0.165 e. The first kappa shape index (κ1) is 15.8. The fourth-order valence-corrected chi connectivity index (χ4v) is 2.25. The zero-order valence-corrected chi connectivity index (χ0v) is 12.6. The number of hydrogen-bond acceptors (Lipinski definition) is 2. The van der Waals surface area contributed by atoms with Crippen molar-refractivity contribution < 1.29 is 9.13 Å². The standard InChI is InChI=1S/C14H19FN2O.ClH/c1-16(2)8-7-10-9-17(3)12-6-5-11(15)14(18-4)13(10)12;/h5-6,9H,7-8H2,1-4H3;1H. The molecule has 0 aliphatic rings. The molecule has 3 nitrogen and oxygen atoms in total. The SMILES string of the molecule is COc1c(F)ccc2c1c(CCN(C)C)cn2C.Cl. The Morgan fingerprint density at radius 1 is 1.32 bits per heavy atom. The number of fused-ring (bicyclic) bond motifs is 1. The summed E-state index contributed by atoms with van der Waals surface area (Å²) >= 11 is 0. The first-order valence-corrected chi connectivity index (χ1v) is 5.99. The third kappa shape index (κ3) is 3.01. The van der Waals surface area contributed by atoms with Gasteiger partial charge in [0.1, 0.15) is 0 Å². The third-order valence-electron chi connectivity index (χ3n) is 3.17. The minimum absolute atomic E-state index is 0. The molecular formula is C14H20ClFN2O. The number of halogens is 2. The Hall–Kier alpha value is -1.26. The van der Waals surface area contributed by atoms with E-state index in [-0.39, 0.29) is 18.2 Å². The van der Waals surface area contributed by atoms with E-state index >= 15 is 0 Å². The topological polar surface area (TPSA) is 17.4 Å². The smallest absolute Gasteiger partial charge is 0.165 e. The third-order valence-corrected chi connectivity index (χ3v) is 3.17. The number of nitrogens with zero attached hydrogens (tertiary/aromatic N) is 2. The van der Waals surface area contributed by atoms with Crippen molar-refractivity contribution in [2.45, 2.75) is 6.42 Å². The van der Waals surface area contributed by atoms with E-state index in [1.807, 2.05) is 25.7 Å². The van der Waals surface area contributed by atoms with Crippen LogP contribution in [0.5, 0.6) is 5.75 Å². The maximum atomic E-state index is 13.8. The fraction of sp³-hybridized carbons (Fsp3) is 0.429. The van der Waals surface area contributed by atoms with Gasteiger partial charge in [-0.3, -0.25) is 0 Å². The summed E-state index contributed by atoms with van der Waals surface area (Å²) in [7, 11) is 7.55. The molecule has 0 aliphatic heterocycles. The normalized spacial score (nSPS) is 10.8. The number of aryl methyl sites for hydroxylation is 1. The van der Waals surface area contributed by atoms with Gasteiger partial charge in [-0.1, -0.05) is 0 Å². The molecule has 0 aliphatic carbocycles. The summed E-state index contributed by atoms with van der Waals surface area (Å²) in [5.41, 5.74) is 2.12. The van der Waals surface area contributed by atoms with E-state index in [4.69, 9.17) is 4.74 Å². The lowest BCUT2D eigenvalue weighted by Gasteiger charge is -2.10. The number of benzene rings is 1. The molecule has 19 heavy (non-hydrogen) atoms. The largest absolute Gasteiger partial charge is 0.493 e. The minimum Gasteiger partial charge on any atom is -0.493 e. The first-order chi connectivity index (χ1) is 8.54. The summed E-state index contributed by atoms with van der Waals surface area (Å²) < 4.78 is 21.0. The van der Waals surface area contributed by atoms with Gasteiger partial charge in [-0.25, -0.2) is 4.39 Å². The number of rotatable bonds is 4. The predicted octanol–water partition coefficient (Wildman–Crippen LogP) is 2.85. The number of likely N-dealkylation sites (N-methyl/N-ethyl adjacent to an activating group) is 1. The van der Waals surface area contributed by atoms with Crippen LogP contribution in [0.25, 0.3) is 10.9 Å². The molecule has 0 unspecified atom stereocenters. The average molecular weight is 287 g/mol. The van der Waals surface area contributed by atoms with E-state index in [1.165, 1.54) is 13.2 Å². The van der Waals surface area contributed by atoms with E-state index in [0.717, 1.165) is 29.4 Å². The van der Waals surface area contributed by atoms with Crippen molar-refractivity contribution in [3.8, 4) is 5.75 Å². The highest BCUT2D eigenvalue weighted by Gasteiger charge is 2.15. The number of ether oxygens (including phenoxy) is 1. The second-order valence-corrected chi connectivity index (χ2v) is 4.79. The molecule has 2 rings (SSSR count). The second kappa shape index (κ2) is 6.26. The van der Waals surface area contributed by atoms with Crippen LogP contribution in [0.3, 0.4) is 0 Å². The Kier molecular flexibility index (Phi) is 5.20. The van der Waals surface area contributed by atoms with Crippen molar-refractivity contribution >= 4 is 23.3 Å². The lowest BCUT2D eigenvalue weighted by atomic mass is 10.1. The lowest BCUT2D eigenvalue weighted by molar-refractivity contribution is 0.391. The molecule has 0 spiro atoms. The van der Waals surface area contributed by atoms with Gasteiger partial charge < -0.3 is 14.2 Å². The Bertz CT molecular complexity index is 566. The molecule has 0 radical (unpaired) electrons. The summed E-state index contributed by atoms with van der Waals surface area (Å²) in [5.74, 6) is 0.0455. The van der Waals surface area contributed by atoms with Crippen LogP contribution < -0.4 is 4.74 Å². The predicted molar refractivity (Wildman–Crippen MR) is 78.9 cm³/mol. The number of hydrogen-bond donors (Lipinski definition) is 0. The minimum atomic E-state index is -0.303. The Morgan fingerprint density at radius 3 is 2.58 bits per heavy atom. The van der Waals surface area contributed by atoms with Gasteiger partial charge in [0.15, 0.2) is 11.6 Å². The van der Waals surface area contributed by atoms with Crippen LogP contribution in [0.4, 0.5) is 4.39 Å². The fourth-order valence-electron chi connectivity index (χ4n) is 2.25. The van der Waals surface area contributed by atoms with E-state index in [0.29, 0.717) is 5.75 Å². The lowest BCUT2D eigenvalue weighted by Crippen LogP contribution is -2.14. The molecule has 0 amide bonds. The molecular weight excluding hydrogens is 267 g/mol. The second-order valence-electron chi connectivity index (χ2n) is 4.79. The highest BCUT2D eigenvalue weighted by molar-refractivity contribution is 5.90. The summed E-state index contributed by atoms with van der Waals surface area (Å²) in [4.78, 5) is 2.12. The maximum absolute atomic E-state index is 13.8. The van der Waals surface area contributed by atoms with Crippen LogP contribution in [0.15, 0.2) is 18.3 Å². The highest BCUT2D eigenvalue weighted by atomic mass is 35.5. The Labute approximate surface area is 119 Å². The van der Waals surface area contributed by atoms with Crippen molar-refractivity contribution in [2.75, 3.05) is 27.7 Å². The molecule has 0 N–H and O–H groups in total. The van der Waals surface area contributed by atoms with Gasteiger partial charge in [0.05, 0.1) is 12.6 Å². The molecule has 0 saturated heterocycles. The number of methoxy groups -OCH3 is 1. The molecule has 106 valence electrons. The molecule has 0 fully saturated rings. The van der Waals surface area contributed by atoms with Gasteiger partial charge in [0.2, 0.25) is 0 Å². The zero-order valence-electron chi connectivity index (χ0n) is 11.7.